The molecule has 9 nitrogen and oxygen atoms in total. The number of carbonyl (C=O) groups excluding carboxylic acids is 1. The lowest BCUT2D eigenvalue weighted by Crippen LogP contribution is -2.31. The van der Waals surface area contributed by atoms with Crippen LogP contribution < -0.4 is 5.73 Å². The van der Waals surface area contributed by atoms with Gasteiger partial charge in [0.1, 0.15) is 11.8 Å². The van der Waals surface area contributed by atoms with E-state index in [2.05, 4.69) is 52.7 Å². The molecule has 0 aliphatic carbocycles. The fourth-order valence-electron chi connectivity index (χ4n) is 5.39. The number of hydrogen-bond acceptors (Lipinski definition) is 6. The number of aromatic nitrogens is 5. The van der Waals surface area contributed by atoms with E-state index in [0.29, 0.717) is 18.8 Å². The van der Waals surface area contributed by atoms with E-state index in [1.165, 1.54) is 11.9 Å². The second-order valence-electron chi connectivity index (χ2n) is 10.4. The molecule has 1 fully saturated rings. The van der Waals surface area contributed by atoms with E-state index in [0.717, 1.165) is 59.3 Å². The molecular weight excluding hydrogens is 476 g/mol. The Hall–Kier alpha value is -4.24. The monoisotopic (exact) mass is 508 g/mol. The van der Waals surface area contributed by atoms with Gasteiger partial charge in [-0.25, -0.2) is 9.50 Å². The van der Waals surface area contributed by atoms with Crippen LogP contribution in [-0.2, 0) is 11.3 Å². The summed E-state index contributed by atoms with van der Waals surface area (Å²) in [5.41, 5.74) is 12.4. The first kappa shape index (κ1) is 24.1. The predicted octanol–water partition coefficient (Wildman–Crippen LogP) is 3.64. The third kappa shape index (κ3) is 4.61. The molecule has 0 spiro atoms. The summed E-state index contributed by atoms with van der Waals surface area (Å²) in [6, 6.07) is 18.8. The van der Waals surface area contributed by atoms with Gasteiger partial charge in [-0.1, -0.05) is 42.5 Å². The summed E-state index contributed by atoms with van der Waals surface area (Å²) in [5, 5.41) is 10.5. The molecule has 1 saturated heterocycles. The molecule has 6 rings (SSSR count). The first-order valence-corrected chi connectivity index (χ1v) is 13.0. The van der Waals surface area contributed by atoms with Crippen molar-refractivity contribution in [2.75, 3.05) is 39.5 Å². The second kappa shape index (κ2) is 9.90. The van der Waals surface area contributed by atoms with Gasteiger partial charge in [0.15, 0.2) is 5.82 Å². The average molecular weight is 509 g/mol. The van der Waals surface area contributed by atoms with Crippen molar-refractivity contribution in [2.24, 2.45) is 0 Å². The molecule has 9 heteroatoms. The minimum absolute atomic E-state index is 0.183. The second-order valence-corrected chi connectivity index (χ2v) is 10.4. The van der Waals surface area contributed by atoms with Crippen LogP contribution >= 0.6 is 0 Å². The van der Waals surface area contributed by atoms with Crippen LogP contribution in [0.25, 0.3) is 27.5 Å². The van der Waals surface area contributed by atoms with Crippen LogP contribution in [0.15, 0.2) is 67.1 Å². The SMILES string of the molecule is CN(C)CCC(=O)N1CCC(c2cc(-c3ccc4cn(Cc5ccccc5)nc4c3)c3c(N)ncnn23)C1. The maximum absolute atomic E-state index is 12.8. The van der Waals surface area contributed by atoms with Crippen LogP contribution in [0.1, 0.15) is 30.0 Å². The highest BCUT2D eigenvalue weighted by atomic mass is 16.2. The van der Waals surface area contributed by atoms with Gasteiger partial charge in [0.05, 0.1) is 12.1 Å². The van der Waals surface area contributed by atoms with Gasteiger partial charge < -0.3 is 15.5 Å². The van der Waals surface area contributed by atoms with Crippen LogP contribution in [0.3, 0.4) is 0 Å². The van der Waals surface area contributed by atoms with Crippen molar-refractivity contribution in [3.63, 3.8) is 0 Å². The van der Waals surface area contributed by atoms with Gasteiger partial charge in [-0.05, 0) is 43.8 Å². The number of hydrogen-bond donors (Lipinski definition) is 1. The van der Waals surface area contributed by atoms with Crippen molar-refractivity contribution in [3.05, 3.63) is 78.4 Å². The first-order valence-electron chi connectivity index (χ1n) is 13.0. The van der Waals surface area contributed by atoms with Crippen molar-refractivity contribution < 1.29 is 4.79 Å². The summed E-state index contributed by atoms with van der Waals surface area (Å²) in [6.45, 7) is 2.91. The zero-order valence-corrected chi connectivity index (χ0v) is 21.8. The molecule has 2 aromatic carbocycles. The Morgan fingerprint density at radius 3 is 2.79 bits per heavy atom. The van der Waals surface area contributed by atoms with Crippen LogP contribution in [0.4, 0.5) is 5.82 Å². The molecule has 0 saturated carbocycles. The maximum Gasteiger partial charge on any atom is 0.223 e. The molecule has 194 valence electrons. The number of likely N-dealkylation sites (tertiary alicyclic amines) is 1. The Labute approximate surface area is 221 Å². The van der Waals surface area contributed by atoms with E-state index < -0.39 is 0 Å². The quantitative estimate of drug-likeness (QED) is 0.361. The van der Waals surface area contributed by atoms with Gasteiger partial charge >= 0.3 is 0 Å². The van der Waals surface area contributed by atoms with E-state index in [4.69, 9.17) is 10.8 Å². The van der Waals surface area contributed by atoms with Gasteiger partial charge in [-0.15, -0.1) is 0 Å². The molecule has 1 atom stereocenters. The topological polar surface area (TPSA) is 97.6 Å². The number of fused-ring (bicyclic) bond motifs is 2. The minimum atomic E-state index is 0.183. The smallest absolute Gasteiger partial charge is 0.223 e. The molecule has 3 aromatic heterocycles. The Balaban J connectivity index is 1.32. The first-order chi connectivity index (χ1) is 18.5. The highest BCUT2D eigenvalue weighted by Crippen LogP contribution is 2.37. The molecule has 1 amide bonds. The number of nitrogens with zero attached hydrogens (tertiary/aromatic N) is 7. The van der Waals surface area contributed by atoms with Gasteiger partial charge in [0.2, 0.25) is 5.91 Å². The molecule has 4 heterocycles. The van der Waals surface area contributed by atoms with Crippen molar-refractivity contribution in [3.8, 4) is 11.1 Å². The number of amides is 1. The standard InChI is InChI=1S/C29H32N8O/c1-34(2)12-11-27(38)35-13-10-23(17-35)26-15-24(28-29(30)31-19-32-37(26)28)21-8-9-22-18-36(33-25(22)14-21)16-20-6-4-3-5-7-20/h3-9,14-15,18-19,23H,10-13,16-17H2,1-2H3,(H2,30,31,32). The average Bonchev–Trinajstić information content (AvgIpc) is 3.64. The fourth-order valence-corrected chi connectivity index (χ4v) is 5.39. The normalized spacial score (nSPS) is 15.8. The van der Waals surface area contributed by atoms with Gasteiger partial charge in [-0.2, -0.15) is 10.2 Å². The summed E-state index contributed by atoms with van der Waals surface area (Å²) >= 11 is 0. The molecular formula is C29H32N8O. The van der Waals surface area contributed by atoms with E-state index in [9.17, 15) is 4.79 Å². The molecule has 1 aliphatic rings. The molecule has 0 bridgehead atoms. The van der Waals surface area contributed by atoms with Gasteiger partial charge in [0, 0.05) is 54.8 Å². The van der Waals surface area contributed by atoms with E-state index in [1.54, 1.807) is 0 Å². The Kier molecular flexibility index (Phi) is 6.29. The Morgan fingerprint density at radius 1 is 1.13 bits per heavy atom. The lowest BCUT2D eigenvalue weighted by Gasteiger charge is -2.18. The van der Waals surface area contributed by atoms with Crippen molar-refractivity contribution >= 4 is 28.1 Å². The van der Waals surface area contributed by atoms with E-state index in [-0.39, 0.29) is 11.8 Å². The summed E-state index contributed by atoms with van der Waals surface area (Å²) in [7, 11) is 3.98. The van der Waals surface area contributed by atoms with E-state index >= 15 is 0 Å². The largest absolute Gasteiger partial charge is 0.382 e. The summed E-state index contributed by atoms with van der Waals surface area (Å²) in [5.74, 6) is 0.823. The predicted molar refractivity (Wildman–Crippen MR) is 149 cm³/mol. The van der Waals surface area contributed by atoms with Crippen LogP contribution in [0.2, 0.25) is 0 Å². The third-order valence-electron chi connectivity index (χ3n) is 7.40. The summed E-state index contributed by atoms with van der Waals surface area (Å²) in [4.78, 5) is 21.1. The molecule has 1 aliphatic heterocycles. The zero-order valence-electron chi connectivity index (χ0n) is 21.8. The Bertz CT molecular complexity index is 1600. The summed E-state index contributed by atoms with van der Waals surface area (Å²) < 4.78 is 3.89. The number of nitrogen functional groups attached to an aromatic ring is 1. The van der Waals surface area contributed by atoms with E-state index in [1.807, 2.05) is 51.3 Å². The van der Waals surface area contributed by atoms with Gasteiger partial charge in [-0.3, -0.25) is 9.48 Å². The van der Waals surface area contributed by atoms with Crippen LogP contribution in [0.5, 0.6) is 0 Å². The molecule has 2 N–H and O–H groups in total. The van der Waals surface area contributed by atoms with Crippen molar-refractivity contribution in [2.45, 2.75) is 25.3 Å². The van der Waals surface area contributed by atoms with Crippen LogP contribution in [0, 0.1) is 0 Å². The number of nitrogens with two attached hydrogens (primary N) is 1. The van der Waals surface area contributed by atoms with Crippen molar-refractivity contribution in [1.29, 1.82) is 0 Å². The van der Waals surface area contributed by atoms with Crippen LogP contribution in [-0.4, -0.2) is 73.8 Å². The third-order valence-corrected chi connectivity index (χ3v) is 7.40. The minimum Gasteiger partial charge on any atom is -0.382 e. The maximum atomic E-state index is 12.8. The number of anilines is 1. The number of benzene rings is 2. The highest BCUT2D eigenvalue weighted by Gasteiger charge is 2.30. The molecule has 1 unspecified atom stereocenters. The molecule has 5 aromatic rings. The highest BCUT2D eigenvalue weighted by molar-refractivity contribution is 5.92. The lowest BCUT2D eigenvalue weighted by molar-refractivity contribution is -0.130. The Morgan fingerprint density at radius 2 is 1.97 bits per heavy atom. The number of rotatable bonds is 7. The lowest BCUT2D eigenvalue weighted by atomic mass is 10.0. The molecule has 0 radical (unpaired) electrons. The fraction of sp³-hybridized carbons (Fsp3) is 0.310. The number of carbonyl (C=O) groups is 1. The zero-order chi connectivity index (χ0) is 26.2. The van der Waals surface area contributed by atoms with Gasteiger partial charge in [0.25, 0.3) is 0 Å². The van der Waals surface area contributed by atoms with Crippen molar-refractivity contribution in [1.82, 2.24) is 34.2 Å². The molecule has 38 heavy (non-hydrogen) atoms. The summed E-state index contributed by atoms with van der Waals surface area (Å²) in [6.07, 6.45) is 5.00.